The van der Waals surface area contributed by atoms with Gasteiger partial charge in [-0.05, 0) is 68.1 Å². The number of thiazole rings is 1. The first-order chi connectivity index (χ1) is 15.8. The minimum Gasteiger partial charge on any atom is -0.393 e. The molecule has 33 heavy (non-hydrogen) atoms. The number of hydrogen-bond acceptors (Lipinski definition) is 5. The van der Waals surface area contributed by atoms with Crippen molar-refractivity contribution in [1.82, 2.24) is 4.98 Å². The van der Waals surface area contributed by atoms with Crippen LogP contribution < -0.4 is 0 Å². The largest absolute Gasteiger partial charge is 0.393 e. The first-order valence-corrected chi connectivity index (χ1v) is 14.0. The van der Waals surface area contributed by atoms with Gasteiger partial charge in [-0.2, -0.15) is 0 Å². The third-order valence-corrected chi connectivity index (χ3v) is 10.1. The van der Waals surface area contributed by atoms with Crippen molar-refractivity contribution in [1.29, 1.82) is 0 Å². The molecule has 5 heteroatoms. The zero-order valence-corrected chi connectivity index (χ0v) is 21.4. The molecule has 1 heterocycles. The van der Waals surface area contributed by atoms with Crippen LogP contribution >= 0.6 is 11.3 Å². The van der Waals surface area contributed by atoms with Crippen LogP contribution in [0.5, 0.6) is 0 Å². The number of aliphatic hydroxyl groups is 3. The van der Waals surface area contributed by atoms with Crippen molar-refractivity contribution in [3.63, 3.8) is 0 Å². The van der Waals surface area contributed by atoms with E-state index in [9.17, 15) is 15.3 Å². The van der Waals surface area contributed by atoms with Crippen LogP contribution in [-0.4, -0.2) is 32.5 Å². The van der Waals surface area contributed by atoms with Crippen molar-refractivity contribution in [2.75, 3.05) is 0 Å². The molecule has 2 unspecified atom stereocenters. The summed E-state index contributed by atoms with van der Waals surface area (Å²) in [5.74, 6) is 2.21. The zero-order valence-electron chi connectivity index (χ0n) is 20.6. The quantitative estimate of drug-likeness (QED) is 0.440. The molecule has 3 N–H and O–H groups in total. The fourth-order valence-electron chi connectivity index (χ4n) is 7.28. The van der Waals surface area contributed by atoms with Crippen molar-refractivity contribution < 1.29 is 15.3 Å². The lowest BCUT2D eigenvalue weighted by atomic mass is 9.60. The van der Waals surface area contributed by atoms with Crippen LogP contribution in [0.25, 0.3) is 0 Å². The van der Waals surface area contributed by atoms with Gasteiger partial charge in [0, 0.05) is 23.9 Å². The van der Waals surface area contributed by atoms with Gasteiger partial charge in [0.1, 0.15) is 11.1 Å². The van der Waals surface area contributed by atoms with Gasteiger partial charge < -0.3 is 15.3 Å². The number of nitrogens with zero attached hydrogens (tertiary/aromatic N) is 1. The molecular weight excluding hydrogens is 430 g/mol. The second-order valence-corrected chi connectivity index (χ2v) is 12.2. The van der Waals surface area contributed by atoms with Crippen LogP contribution in [0.1, 0.15) is 96.1 Å². The fourth-order valence-corrected chi connectivity index (χ4v) is 7.93. The molecule has 0 bridgehead atoms. The molecule has 0 saturated heterocycles. The third kappa shape index (κ3) is 5.47. The highest BCUT2D eigenvalue weighted by Crippen LogP contribution is 2.60. The molecular formula is C28H43NO3S. The molecule has 0 aromatic carbocycles. The minimum atomic E-state index is -0.430. The SMILES string of the molecule is CC1/C(=C\C=C2/CCC[C@]3(C)[C@@H]([C@H](C)CCCC(O)c4nccs4)CC[C@@H]23)C[C@@H](O)C[C@@H]1O. The minimum absolute atomic E-state index is 0.135. The average molecular weight is 474 g/mol. The van der Waals surface area contributed by atoms with E-state index in [1.165, 1.54) is 44.1 Å². The van der Waals surface area contributed by atoms with Crippen LogP contribution in [0.15, 0.2) is 34.9 Å². The molecule has 1 aromatic heterocycles. The zero-order chi connectivity index (χ0) is 23.6. The second-order valence-electron chi connectivity index (χ2n) is 11.3. The van der Waals surface area contributed by atoms with Gasteiger partial charge in [-0.3, -0.25) is 0 Å². The first-order valence-electron chi connectivity index (χ1n) is 13.1. The van der Waals surface area contributed by atoms with E-state index >= 15 is 0 Å². The normalized spacial score (nSPS) is 39.0. The molecule has 4 nitrogen and oxygen atoms in total. The van der Waals surface area contributed by atoms with Crippen molar-refractivity contribution in [3.05, 3.63) is 39.9 Å². The number of rotatable bonds is 7. The van der Waals surface area contributed by atoms with Crippen LogP contribution in [0.2, 0.25) is 0 Å². The molecule has 3 aliphatic rings. The van der Waals surface area contributed by atoms with Gasteiger partial charge in [0.2, 0.25) is 0 Å². The highest BCUT2D eigenvalue weighted by molar-refractivity contribution is 7.09. The number of hydrogen-bond donors (Lipinski definition) is 3. The van der Waals surface area contributed by atoms with Crippen LogP contribution in [0.3, 0.4) is 0 Å². The van der Waals surface area contributed by atoms with E-state index in [-0.39, 0.29) is 5.92 Å². The molecule has 0 radical (unpaired) electrons. The summed E-state index contributed by atoms with van der Waals surface area (Å²) < 4.78 is 0. The van der Waals surface area contributed by atoms with Crippen molar-refractivity contribution >= 4 is 11.3 Å². The van der Waals surface area contributed by atoms with Crippen LogP contribution in [0.4, 0.5) is 0 Å². The van der Waals surface area contributed by atoms with E-state index in [1.54, 1.807) is 23.1 Å². The Kier molecular flexibility index (Phi) is 8.15. The van der Waals surface area contributed by atoms with Gasteiger partial charge in [0.15, 0.2) is 0 Å². The van der Waals surface area contributed by atoms with Gasteiger partial charge in [-0.15, -0.1) is 11.3 Å². The molecule has 0 aliphatic heterocycles. The van der Waals surface area contributed by atoms with Gasteiger partial charge in [0.25, 0.3) is 0 Å². The average Bonchev–Trinajstić information content (AvgIpc) is 3.43. The Morgan fingerprint density at radius 2 is 2.00 bits per heavy atom. The van der Waals surface area contributed by atoms with Crippen LogP contribution in [0, 0.1) is 29.1 Å². The maximum atomic E-state index is 10.4. The van der Waals surface area contributed by atoms with Crippen LogP contribution in [-0.2, 0) is 0 Å². The van der Waals surface area contributed by atoms with Gasteiger partial charge in [-0.1, -0.05) is 56.9 Å². The number of allylic oxidation sites excluding steroid dienone is 3. The smallest absolute Gasteiger partial charge is 0.121 e. The Hall–Kier alpha value is -1.01. The molecule has 3 aliphatic carbocycles. The van der Waals surface area contributed by atoms with E-state index in [1.807, 2.05) is 5.38 Å². The molecule has 4 rings (SSSR count). The predicted molar refractivity (Wildman–Crippen MR) is 135 cm³/mol. The van der Waals surface area contributed by atoms with Crippen molar-refractivity contribution in [3.8, 4) is 0 Å². The van der Waals surface area contributed by atoms with Crippen molar-refractivity contribution in [2.24, 2.45) is 29.1 Å². The van der Waals surface area contributed by atoms with E-state index in [0.29, 0.717) is 30.1 Å². The summed E-state index contributed by atoms with van der Waals surface area (Å²) in [5.41, 5.74) is 3.15. The second kappa shape index (κ2) is 10.7. The Labute approximate surface area is 203 Å². The summed E-state index contributed by atoms with van der Waals surface area (Å²) in [6.07, 6.45) is 15.7. The number of aliphatic hydroxyl groups excluding tert-OH is 3. The molecule has 8 atom stereocenters. The number of aromatic nitrogens is 1. The summed E-state index contributed by atoms with van der Waals surface area (Å²) in [5, 5.41) is 33.5. The summed E-state index contributed by atoms with van der Waals surface area (Å²) in [6.45, 7) is 7.05. The first kappa shape index (κ1) is 25.1. The predicted octanol–water partition coefficient (Wildman–Crippen LogP) is 6.20. The maximum Gasteiger partial charge on any atom is 0.121 e. The van der Waals surface area contributed by atoms with Gasteiger partial charge in [-0.25, -0.2) is 4.98 Å². The Bertz CT molecular complexity index is 834. The van der Waals surface area contributed by atoms with E-state index in [0.717, 1.165) is 23.8 Å². The number of fused-ring (bicyclic) bond motifs is 1. The summed E-state index contributed by atoms with van der Waals surface area (Å²) >= 11 is 1.54. The monoisotopic (exact) mass is 473 g/mol. The molecule has 0 amide bonds. The van der Waals surface area contributed by atoms with E-state index in [2.05, 4.69) is 37.9 Å². The van der Waals surface area contributed by atoms with Gasteiger partial charge in [0.05, 0.1) is 12.2 Å². The molecule has 3 saturated carbocycles. The molecule has 3 fully saturated rings. The summed E-state index contributed by atoms with van der Waals surface area (Å²) in [7, 11) is 0. The van der Waals surface area contributed by atoms with Gasteiger partial charge >= 0.3 is 0 Å². The lowest BCUT2D eigenvalue weighted by molar-refractivity contribution is 0.0333. The third-order valence-electron chi connectivity index (χ3n) is 9.26. The lowest BCUT2D eigenvalue weighted by Gasteiger charge is -2.44. The Morgan fingerprint density at radius 1 is 1.21 bits per heavy atom. The fraction of sp³-hybridized carbons (Fsp3) is 0.750. The van der Waals surface area contributed by atoms with E-state index in [4.69, 9.17) is 0 Å². The van der Waals surface area contributed by atoms with E-state index < -0.39 is 18.3 Å². The summed E-state index contributed by atoms with van der Waals surface area (Å²) in [6, 6.07) is 0. The highest BCUT2D eigenvalue weighted by Gasteiger charge is 2.50. The lowest BCUT2D eigenvalue weighted by Crippen LogP contribution is -2.36. The standard InChI is InChI=1S/C28H43NO3S/c1-18(6-4-8-25(31)27-29-14-15-33-27)23-11-12-24-20(7-5-13-28(23,24)3)9-10-21-16-22(30)17-26(32)19(21)2/h9-10,14-15,18-19,22-26,30-32H,4-8,11-13,16-17H2,1-3H3/b20-9+,21-10-/t18-,19?,22-,23-,24+,25?,26+,28-/m1/s1. The molecule has 0 spiro atoms. The Morgan fingerprint density at radius 3 is 2.76 bits per heavy atom. The Balaban J connectivity index is 1.38. The molecule has 1 aromatic rings. The molecule has 184 valence electrons. The summed E-state index contributed by atoms with van der Waals surface area (Å²) in [4.78, 5) is 4.26. The maximum absolute atomic E-state index is 10.4. The topological polar surface area (TPSA) is 73.6 Å². The van der Waals surface area contributed by atoms with Crippen molar-refractivity contribution in [2.45, 2.75) is 103 Å². The highest BCUT2D eigenvalue weighted by atomic mass is 32.1.